The maximum Gasteiger partial charge on any atom is 0.292 e. The molecule has 3 rings (SSSR count). The first-order valence-electron chi connectivity index (χ1n) is 5.84. The molecule has 0 aliphatic heterocycles. The molecule has 2 heterocycles. The summed E-state index contributed by atoms with van der Waals surface area (Å²) in [6.07, 6.45) is 1.47. The molecule has 3 aromatic rings. The maximum absolute atomic E-state index is 12.1. The molecule has 0 aliphatic rings. The maximum atomic E-state index is 12.1. The Hall–Kier alpha value is -2.34. The van der Waals surface area contributed by atoms with Crippen molar-refractivity contribution < 1.29 is 9.21 Å². The number of nitrogens with one attached hydrogen (secondary N) is 1. The number of rotatable bonds is 2. The lowest BCUT2D eigenvalue weighted by molar-refractivity contribution is 0.0998. The van der Waals surface area contributed by atoms with Crippen LogP contribution in [-0.2, 0) is 0 Å². The predicted molar refractivity (Wildman–Crippen MR) is 80.5 cm³/mol. The molecule has 0 saturated carbocycles. The number of carbonyl (C=O) groups excluding carboxylic acids is 1. The highest BCUT2D eigenvalue weighted by atomic mass is 79.9. The largest absolute Gasteiger partial charge is 0.451 e. The van der Waals surface area contributed by atoms with Gasteiger partial charge in [-0.15, -0.1) is 0 Å². The number of fused-ring (bicyclic) bond motifs is 1. The molecular weight excluding hydrogens is 322 g/mol. The fourth-order valence-corrected chi connectivity index (χ4v) is 2.27. The summed E-state index contributed by atoms with van der Waals surface area (Å²) < 4.78 is 6.10. The van der Waals surface area contributed by atoms with Gasteiger partial charge in [-0.1, -0.05) is 18.2 Å². The Balaban J connectivity index is 1.89. The summed E-state index contributed by atoms with van der Waals surface area (Å²) in [4.78, 5) is 16.2. The van der Waals surface area contributed by atoms with Gasteiger partial charge in [0.25, 0.3) is 5.91 Å². The number of halogens is 1. The van der Waals surface area contributed by atoms with Gasteiger partial charge in [-0.2, -0.15) is 0 Å². The second-order valence-corrected chi connectivity index (χ2v) is 5.06. The van der Waals surface area contributed by atoms with Crippen molar-refractivity contribution in [2.75, 3.05) is 11.1 Å². The Morgan fingerprint density at radius 3 is 2.85 bits per heavy atom. The summed E-state index contributed by atoms with van der Waals surface area (Å²) in [5.74, 6) is 0.264. The molecule has 0 saturated heterocycles. The number of amides is 1. The molecule has 0 atom stereocenters. The number of pyridine rings is 1. The molecule has 5 nitrogen and oxygen atoms in total. The van der Waals surface area contributed by atoms with E-state index in [1.54, 1.807) is 12.1 Å². The molecular formula is C14H10BrN3O2. The molecule has 0 bridgehead atoms. The van der Waals surface area contributed by atoms with E-state index in [4.69, 9.17) is 10.2 Å². The monoisotopic (exact) mass is 331 g/mol. The van der Waals surface area contributed by atoms with Crippen LogP contribution in [-0.4, -0.2) is 10.9 Å². The van der Waals surface area contributed by atoms with Crippen LogP contribution in [0.4, 0.5) is 11.5 Å². The minimum atomic E-state index is -0.362. The summed E-state index contributed by atoms with van der Waals surface area (Å²) in [7, 11) is 0. The van der Waals surface area contributed by atoms with E-state index in [2.05, 4.69) is 26.2 Å². The van der Waals surface area contributed by atoms with Gasteiger partial charge in [0, 0.05) is 5.39 Å². The van der Waals surface area contributed by atoms with Gasteiger partial charge in [-0.05, 0) is 34.1 Å². The van der Waals surface area contributed by atoms with E-state index in [1.807, 2.05) is 24.3 Å². The molecule has 0 aliphatic carbocycles. The fraction of sp³-hybridized carbons (Fsp3) is 0. The van der Waals surface area contributed by atoms with Gasteiger partial charge in [-0.25, -0.2) is 4.98 Å². The van der Waals surface area contributed by atoms with Gasteiger partial charge in [0.05, 0.1) is 16.4 Å². The first kappa shape index (κ1) is 12.7. The number of benzene rings is 1. The molecule has 0 spiro atoms. The first-order valence-corrected chi connectivity index (χ1v) is 6.64. The van der Waals surface area contributed by atoms with Gasteiger partial charge in [-0.3, -0.25) is 4.79 Å². The lowest BCUT2D eigenvalue weighted by Crippen LogP contribution is -2.12. The SMILES string of the molecule is Nc1cnc(NC(=O)c2cc3ccccc3o2)c(Br)c1. The van der Waals surface area contributed by atoms with Crippen LogP contribution >= 0.6 is 15.9 Å². The number of para-hydroxylation sites is 1. The van der Waals surface area contributed by atoms with Gasteiger partial charge < -0.3 is 15.5 Å². The van der Waals surface area contributed by atoms with Crippen LogP contribution in [0, 0.1) is 0 Å². The number of furan rings is 1. The summed E-state index contributed by atoms with van der Waals surface area (Å²) in [6, 6.07) is 10.8. The van der Waals surface area contributed by atoms with Crippen LogP contribution in [0.1, 0.15) is 10.6 Å². The Morgan fingerprint density at radius 1 is 1.30 bits per heavy atom. The third kappa shape index (κ3) is 2.37. The van der Waals surface area contributed by atoms with Gasteiger partial charge in [0.1, 0.15) is 11.4 Å². The number of nitrogen functional groups attached to an aromatic ring is 1. The van der Waals surface area contributed by atoms with E-state index in [-0.39, 0.29) is 11.7 Å². The number of aromatic nitrogens is 1. The Labute approximate surface area is 122 Å². The second kappa shape index (κ2) is 4.97. The highest BCUT2D eigenvalue weighted by Gasteiger charge is 2.14. The number of anilines is 2. The Kier molecular flexibility index (Phi) is 3.15. The molecule has 3 N–H and O–H groups in total. The standard InChI is InChI=1S/C14H10BrN3O2/c15-10-6-9(16)7-17-13(10)18-14(19)12-5-8-3-1-2-4-11(8)20-12/h1-7H,16H2,(H,17,18,19). The highest BCUT2D eigenvalue weighted by Crippen LogP contribution is 2.24. The Bertz CT molecular complexity index is 765. The number of hydrogen-bond donors (Lipinski definition) is 2. The lowest BCUT2D eigenvalue weighted by Gasteiger charge is -2.04. The zero-order chi connectivity index (χ0) is 14.1. The zero-order valence-electron chi connectivity index (χ0n) is 10.3. The van der Waals surface area contributed by atoms with E-state index in [9.17, 15) is 4.79 Å². The quantitative estimate of drug-likeness (QED) is 0.753. The fourth-order valence-electron chi connectivity index (χ4n) is 1.81. The van der Waals surface area contributed by atoms with Crippen molar-refractivity contribution >= 4 is 44.3 Å². The minimum Gasteiger partial charge on any atom is -0.451 e. The first-order chi connectivity index (χ1) is 9.63. The third-order valence-electron chi connectivity index (χ3n) is 2.74. The average molecular weight is 332 g/mol. The summed E-state index contributed by atoms with van der Waals surface area (Å²) in [6.45, 7) is 0. The molecule has 2 aromatic heterocycles. The van der Waals surface area contributed by atoms with Crippen molar-refractivity contribution in [1.82, 2.24) is 4.98 Å². The van der Waals surface area contributed by atoms with Crippen molar-refractivity contribution in [3.05, 3.63) is 52.8 Å². The average Bonchev–Trinajstić information content (AvgIpc) is 2.86. The molecule has 6 heteroatoms. The summed E-state index contributed by atoms with van der Waals surface area (Å²) >= 11 is 3.29. The van der Waals surface area contributed by atoms with Crippen molar-refractivity contribution in [3.8, 4) is 0 Å². The minimum absolute atomic E-state index is 0.233. The van der Waals surface area contributed by atoms with Gasteiger partial charge in [0.2, 0.25) is 0 Å². The highest BCUT2D eigenvalue weighted by molar-refractivity contribution is 9.10. The van der Waals surface area contributed by atoms with Gasteiger partial charge >= 0.3 is 0 Å². The number of hydrogen-bond acceptors (Lipinski definition) is 4. The van der Waals surface area contributed by atoms with Crippen molar-refractivity contribution in [2.45, 2.75) is 0 Å². The summed E-state index contributed by atoms with van der Waals surface area (Å²) in [5, 5.41) is 3.55. The van der Waals surface area contributed by atoms with Crippen molar-refractivity contribution in [3.63, 3.8) is 0 Å². The molecule has 20 heavy (non-hydrogen) atoms. The van der Waals surface area contributed by atoms with Crippen LogP contribution in [0.3, 0.4) is 0 Å². The van der Waals surface area contributed by atoms with Crippen LogP contribution in [0.15, 0.2) is 51.5 Å². The molecule has 1 amide bonds. The molecule has 0 radical (unpaired) electrons. The Morgan fingerprint density at radius 2 is 2.10 bits per heavy atom. The number of nitrogens with zero attached hydrogens (tertiary/aromatic N) is 1. The van der Waals surface area contributed by atoms with Crippen LogP contribution < -0.4 is 11.1 Å². The van der Waals surface area contributed by atoms with Crippen LogP contribution in [0.5, 0.6) is 0 Å². The van der Waals surface area contributed by atoms with E-state index in [0.717, 1.165) is 5.39 Å². The topological polar surface area (TPSA) is 81.1 Å². The van der Waals surface area contributed by atoms with E-state index >= 15 is 0 Å². The second-order valence-electron chi connectivity index (χ2n) is 4.20. The predicted octanol–water partition coefficient (Wildman–Crippen LogP) is 3.42. The van der Waals surface area contributed by atoms with E-state index in [1.165, 1.54) is 6.20 Å². The molecule has 1 aromatic carbocycles. The van der Waals surface area contributed by atoms with Crippen LogP contribution in [0.25, 0.3) is 11.0 Å². The normalized spacial score (nSPS) is 10.7. The molecule has 0 fully saturated rings. The molecule has 100 valence electrons. The number of nitrogens with two attached hydrogens (primary N) is 1. The van der Waals surface area contributed by atoms with E-state index < -0.39 is 0 Å². The third-order valence-corrected chi connectivity index (χ3v) is 3.35. The zero-order valence-corrected chi connectivity index (χ0v) is 11.8. The van der Waals surface area contributed by atoms with Gasteiger partial charge in [0.15, 0.2) is 5.76 Å². The smallest absolute Gasteiger partial charge is 0.292 e. The van der Waals surface area contributed by atoms with Crippen LogP contribution in [0.2, 0.25) is 0 Å². The van der Waals surface area contributed by atoms with E-state index in [0.29, 0.717) is 21.6 Å². The lowest BCUT2D eigenvalue weighted by atomic mass is 10.2. The van der Waals surface area contributed by atoms with Crippen molar-refractivity contribution in [1.29, 1.82) is 0 Å². The number of carbonyl (C=O) groups is 1. The van der Waals surface area contributed by atoms with Crippen molar-refractivity contribution in [2.24, 2.45) is 0 Å². The summed E-state index contributed by atoms with van der Waals surface area (Å²) in [5.41, 5.74) is 6.78. The molecule has 0 unspecified atom stereocenters.